The highest BCUT2D eigenvalue weighted by Gasteiger charge is 2.25. The minimum atomic E-state index is -3.50. The van der Waals surface area contributed by atoms with Gasteiger partial charge < -0.3 is 19.5 Å². The number of carbonyl (C=O) groups excluding carboxylic acids is 1. The number of fused-ring (bicyclic) bond motifs is 1. The summed E-state index contributed by atoms with van der Waals surface area (Å²) in [5, 5.41) is 2.72. The van der Waals surface area contributed by atoms with Crippen LogP contribution in [0.25, 0.3) is 0 Å². The van der Waals surface area contributed by atoms with Gasteiger partial charge in [0.1, 0.15) is 5.75 Å². The van der Waals surface area contributed by atoms with Gasteiger partial charge in [0.2, 0.25) is 16.8 Å². The van der Waals surface area contributed by atoms with Crippen molar-refractivity contribution < 1.29 is 27.4 Å². The lowest BCUT2D eigenvalue weighted by atomic mass is 10.2. The summed E-state index contributed by atoms with van der Waals surface area (Å²) in [7, 11) is -3.50. The number of nitrogens with zero attached hydrogens (tertiary/aromatic N) is 1. The lowest BCUT2D eigenvalue weighted by Gasteiger charge is -2.20. The molecule has 1 amide bonds. The van der Waals surface area contributed by atoms with E-state index in [1.807, 2.05) is 0 Å². The fourth-order valence-corrected chi connectivity index (χ4v) is 4.98. The number of hydrogen-bond donors (Lipinski definition) is 1. The van der Waals surface area contributed by atoms with Gasteiger partial charge >= 0.3 is 0 Å². The Morgan fingerprint density at radius 2 is 1.67 bits per heavy atom. The first kappa shape index (κ1) is 20.5. The summed E-state index contributed by atoms with van der Waals surface area (Å²) in [6.45, 7) is 1.08. The van der Waals surface area contributed by atoms with Crippen LogP contribution in [0, 0.1) is 0 Å². The summed E-state index contributed by atoms with van der Waals surface area (Å²) < 4.78 is 43.2. The molecule has 2 aliphatic rings. The fourth-order valence-electron chi connectivity index (χ4n) is 3.46. The van der Waals surface area contributed by atoms with Crippen LogP contribution in [0.15, 0.2) is 47.4 Å². The van der Waals surface area contributed by atoms with E-state index in [4.69, 9.17) is 14.2 Å². The topological polar surface area (TPSA) is 94.2 Å². The van der Waals surface area contributed by atoms with Crippen molar-refractivity contribution in [2.45, 2.75) is 30.6 Å². The predicted molar refractivity (Wildman–Crippen MR) is 110 cm³/mol. The maximum atomic E-state index is 12.8. The van der Waals surface area contributed by atoms with Crippen molar-refractivity contribution in [3.05, 3.63) is 42.5 Å². The van der Waals surface area contributed by atoms with Gasteiger partial charge in [-0.3, -0.25) is 4.79 Å². The molecule has 2 aromatic rings. The van der Waals surface area contributed by atoms with E-state index >= 15 is 0 Å². The van der Waals surface area contributed by atoms with Crippen LogP contribution in [-0.4, -0.2) is 45.1 Å². The zero-order valence-electron chi connectivity index (χ0n) is 16.5. The minimum Gasteiger partial charge on any atom is -0.484 e. The van der Waals surface area contributed by atoms with E-state index < -0.39 is 10.0 Å². The van der Waals surface area contributed by atoms with Crippen molar-refractivity contribution in [1.82, 2.24) is 4.31 Å². The van der Waals surface area contributed by atoms with Gasteiger partial charge in [0.25, 0.3) is 5.91 Å². The number of benzene rings is 2. The first-order valence-corrected chi connectivity index (χ1v) is 11.4. The summed E-state index contributed by atoms with van der Waals surface area (Å²) in [6.07, 6.45) is 3.90. The molecule has 0 bridgehead atoms. The molecule has 0 spiro atoms. The number of amides is 1. The van der Waals surface area contributed by atoms with Crippen molar-refractivity contribution in [3.8, 4) is 17.2 Å². The van der Waals surface area contributed by atoms with Crippen molar-refractivity contribution in [1.29, 1.82) is 0 Å². The second-order valence-corrected chi connectivity index (χ2v) is 9.13. The Labute approximate surface area is 175 Å². The maximum Gasteiger partial charge on any atom is 0.262 e. The smallest absolute Gasteiger partial charge is 0.262 e. The number of sulfonamides is 1. The lowest BCUT2D eigenvalue weighted by Crippen LogP contribution is -2.31. The maximum absolute atomic E-state index is 12.8. The molecule has 2 aliphatic heterocycles. The zero-order chi connectivity index (χ0) is 21.0. The highest BCUT2D eigenvalue weighted by atomic mass is 32.2. The third-order valence-electron chi connectivity index (χ3n) is 5.05. The minimum absolute atomic E-state index is 0.166. The molecular formula is C21H24N2O6S. The molecule has 1 saturated heterocycles. The van der Waals surface area contributed by atoms with Crippen LogP contribution >= 0.6 is 0 Å². The van der Waals surface area contributed by atoms with Crippen LogP contribution in [-0.2, 0) is 14.8 Å². The molecular weight excluding hydrogens is 408 g/mol. The molecule has 1 fully saturated rings. The lowest BCUT2D eigenvalue weighted by molar-refractivity contribution is -0.118. The van der Waals surface area contributed by atoms with E-state index in [2.05, 4.69) is 5.32 Å². The SMILES string of the molecule is O=C(COc1ccc(S(=O)(=O)N2CCCCCC2)cc1)Nc1ccc2c(c1)OCO2. The standard InChI is InChI=1S/C21H24N2O6S/c24-21(22-16-5-10-19-20(13-16)29-15-28-19)14-27-17-6-8-18(9-7-17)30(25,26)23-11-3-1-2-4-12-23/h5-10,13H,1-4,11-12,14-15H2,(H,22,24). The van der Waals surface area contributed by atoms with E-state index in [9.17, 15) is 13.2 Å². The van der Waals surface area contributed by atoms with Crippen molar-refractivity contribution in [2.75, 3.05) is 31.8 Å². The van der Waals surface area contributed by atoms with E-state index in [1.54, 1.807) is 34.6 Å². The van der Waals surface area contributed by atoms with E-state index in [0.29, 0.717) is 36.0 Å². The molecule has 1 N–H and O–H groups in total. The molecule has 160 valence electrons. The molecule has 4 rings (SSSR count). The van der Waals surface area contributed by atoms with Crippen molar-refractivity contribution in [2.24, 2.45) is 0 Å². The third kappa shape index (κ3) is 4.68. The van der Waals surface area contributed by atoms with Crippen LogP contribution in [0.1, 0.15) is 25.7 Å². The summed E-state index contributed by atoms with van der Waals surface area (Å²) in [4.78, 5) is 12.4. The molecule has 9 heteroatoms. The second-order valence-electron chi connectivity index (χ2n) is 7.19. The highest BCUT2D eigenvalue weighted by molar-refractivity contribution is 7.89. The first-order chi connectivity index (χ1) is 14.5. The molecule has 0 saturated carbocycles. The Morgan fingerprint density at radius 1 is 0.967 bits per heavy atom. The van der Waals surface area contributed by atoms with Gasteiger partial charge in [0, 0.05) is 24.8 Å². The normalized spacial score (nSPS) is 16.7. The van der Waals surface area contributed by atoms with Crippen LogP contribution in [0.3, 0.4) is 0 Å². The van der Waals surface area contributed by atoms with Crippen LogP contribution in [0.2, 0.25) is 0 Å². The fraction of sp³-hybridized carbons (Fsp3) is 0.381. The van der Waals surface area contributed by atoms with Gasteiger partial charge in [-0.05, 0) is 49.2 Å². The predicted octanol–water partition coefficient (Wildman–Crippen LogP) is 3.00. The Hall–Kier alpha value is -2.78. The largest absolute Gasteiger partial charge is 0.484 e. The summed E-state index contributed by atoms with van der Waals surface area (Å²) in [6, 6.07) is 11.3. The van der Waals surface area contributed by atoms with Gasteiger partial charge in [-0.25, -0.2) is 8.42 Å². The molecule has 0 aliphatic carbocycles. The van der Waals surface area contributed by atoms with Crippen LogP contribution < -0.4 is 19.5 Å². The molecule has 0 atom stereocenters. The van der Waals surface area contributed by atoms with Gasteiger partial charge in [0.05, 0.1) is 4.90 Å². The molecule has 30 heavy (non-hydrogen) atoms. The van der Waals surface area contributed by atoms with E-state index in [1.165, 1.54) is 12.1 Å². The van der Waals surface area contributed by atoms with Crippen LogP contribution in [0.5, 0.6) is 17.2 Å². The Balaban J connectivity index is 1.32. The second kappa shape index (κ2) is 8.93. The Kier molecular flexibility index (Phi) is 6.10. The van der Waals surface area contributed by atoms with Gasteiger partial charge in [-0.15, -0.1) is 0 Å². The number of nitrogens with one attached hydrogen (secondary N) is 1. The first-order valence-electron chi connectivity index (χ1n) is 9.95. The molecule has 0 radical (unpaired) electrons. The Bertz CT molecular complexity index is 999. The van der Waals surface area contributed by atoms with Crippen molar-refractivity contribution >= 4 is 21.6 Å². The summed E-state index contributed by atoms with van der Waals surface area (Å²) in [5.41, 5.74) is 0.576. The summed E-state index contributed by atoms with van der Waals surface area (Å²) in [5.74, 6) is 1.30. The zero-order valence-corrected chi connectivity index (χ0v) is 17.3. The molecule has 2 aromatic carbocycles. The monoisotopic (exact) mass is 432 g/mol. The average molecular weight is 432 g/mol. The average Bonchev–Trinajstić information content (AvgIpc) is 3.03. The summed E-state index contributed by atoms with van der Waals surface area (Å²) >= 11 is 0. The molecule has 8 nitrogen and oxygen atoms in total. The number of rotatable bonds is 6. The molecule has 0 aromatic heterocycles. The molecule has 2 heterocycles. The van der Waals surface area contributed by atoms with Crippen molar-refractivity contribution in [3.63, 3.8) is 0 Å². The Morgan fingerprint density at radius 3 is 2.40 bits per heavy atom. The quantitative estimate of drug-likeness (QED) is 0.754. The highest BCUT2D eigenvalue weighted by Crippen LogP contribution is 2.34. The number of hydrogen-bond acceptors (Lipinski definition) is 6. The molecule has 0 unspecified atom stereocenters. The van der Waals surface area contributed by atoms with E-state index in [0.717, 1.165) is 25.7 Å². The van der Waals surface area contributed by atoms with E-state index in [-0.39, 0.29) is 24.2 Å². The van der Waals surface area contributed by atoms with Crippen LogP contribution in [0.4, 0.5) is 5.69 Å². The third-order valence-corrected chi connectivity index (χ3v) is 6.97. The number of anilines is 1. The van der Waals surface area contributed by atoms with Gasteiger partial charge in [-0.2, -0.15) is 4.31 Å². The number of ether oxygens (including phenoxy) is 3. The van der Waals surface area contributed by atoms with Gasteiger partial charge in [0.15, 0.2) is 18.1 Å². The van der Waals surface area contributed by atoms with Gasteiger partial charge in [-0.1, -0.05) is 12.8 Å². The number of carbonyl (C=O) groups is 1.